The molecule has 0 amide bonds. The molecule has 0 heterocycles. The fraction of sp³-hybridized carbons (Fsp3) is 0.292. The molecule has 0 radical (unpaired) electrons. The molecule has 0 fully saturated rings. The first kappa shape index (κ1) is 23.7. The van der Waals surface area contributed by atoms with Crippen LogP contribution in [0.25, 0.3) is 0 Å². The molecule has 0 N–H and O–H groups in total. The van der Waals surface area contributed by atoms with Crippen molar-refractivity contribution in [2.45, 2.75) is 39.0 Å². The Hall–Kier alpha value is -2.29. The smallest absolute Gasteiger partial charge is 0.286 e. The van der Waals surface area contributed by atoms with E-state index in [1.54, 1.807) is 24.3 Å². The van der Waals surface area contributed by atoms with E-state index >= 15 is 0 Å². The number of carbonyl (C=O) groups is 1. The van der Waals surface area contributed by atoms with Gasteiger partial charge in [0.05, 0.1) is 6.61 Å². The number of esters is 1. The van der Waals surface area contributed by atoms with E-state index in [-0.39, 0.29) is 23.0 Å². The van der Waals surface area contributed by atoms with Gasteiger partial charge in [-0.15, -0.1) is 0 Å². The Labute approximate surface area is 178 Å². The molecule has 156 valence electrons. The quantitative estimate of drug-likeness (QED) is 0.133. The molecule has 0 bridgehead atoms. The van der Waals surface area contributed by atoms with Crippen molar-refractivity contribution in [3.05, 3.63) is 84.4 Å². The minimum Gasteiger partial charge on any atom is -0.748 e. The van der Waals surface area contributed by atoms with Crippen LogP contribution in [0.15, 0.2) is 78.9 Å². The van der Waals surface area contributed by atoms with Crippen molar-refractivity contribution >= 4 is 5.97 Å². The van der Waals surface area contributed by atoms with Gasteiger partial charge in [0.2, 0.25) is 0 Å². The van der Waals surface area contributed by atoms with Crippen LogP contribution < -0.4 is 9.47 Å². The van der Waals surface area contributed by atoms with E-state index in [2.05, 4.69) is 6.92 Å². The van der Waals surface area contributed by atoms with Crippen LogP contribution in [0.1, 0.15) is 49.4 Å². The summed E-state index contributed by atoms with van der Waals surface area (Å²) in [6.07, 6.45) is 6.11. The number of benzene rings is 1. The van der Waals surface area contributed by atoms with Gasteiger partial charge in [0, 0.05) is 17.1 Å². The van der Waals surface area contributed by atoms with Gasteiger partial charge in [-0.1, -0.05) is 38.2 Å². The molecule has 3 aromatic carbocycles. The van der Waals surface area contributed by atoms with Crippen LogP contribution in [-0.4, -0.2) is 12.6 Å². The Bertz CT molecular complexity index is 699. The first-order chi connectivity index (χ1) is 13.3. The van der Waals surface area contributed by atoms with Gasteiger partial charge in [-0.3, -0.25) is 4.79 Å². The Balaban J connectivity index is 0.000000567. The number of rotatable bonds is 9. The van der Waals surface area contributed by atoms with Gasteiger partial charge in [0.1, 0.15) is 11.5 Å². The number of carbonyl (C=O) groups excluding carboxylic acids is 1. The van der Waals surface area contributed by atoms with E-state index in [0.29, 0.717) is 11.3 Å². The molecule has 0 unspecified atom stereocenters. The van der Waals surface area contributed by atoms with Gasteiger partial charge < -0.3 is 39.8 Å². The first-order valence-corrected chi connectivity index (χ1v) is 9.63. The van der Waals surface area contributed by atoms with E-state index in [1.165, 1.54) is 25.7 Å². The summed E-state index contributed by atoms with van der Waals surface area (Å²) in [4.78, 5) is 11.8. The topological polar surface area (TPSA) is 35.5 Å². The molecule has 4 heteroatoms. The number of hydrogen-bond acceptors (Lipinski definition) is 3. The van der Waals surface area contributed by atoms with E-state index in [1.807, 2.05) is 54.6 Å². The van der Waals surface area contributed by atoms with Crippen LogP contribution >= 0.6 is 0 Å². The second-order valence-electron chi connectivity index (χ2n) is 6.26. The Morgan fingerprint density at radius 3 is 1.96 bits per heavy atom. The van der Waals surface area contributed by atoms with Gasteiger partial charge in [0.15, 0.2) is 0 Å². The summed E-state index contributed by atoms with van der Waals surface area (Å²) in [7, 11) is 0. The fourth-order valence-corrected chi connectivity index (χ4v) is 2.50. The van der Waals surface area contributed by atoms with Crippen molar-refractivity contribution in [1.82, 2.24) is 0 Å². The molecule has 28 heavy (non-hydrogen) atoms. The summed E-state index contributed by atoms with van der Waals surface area (Å²) < 4.78 is 11.0. The third kappa shape index (κ3) is 9.59. The average Bonchev–Trinajstić information content (AvgIpc) is 3.42. The summed E-state index contributed by atoms with van der Waals surface area (Å²) >= 11 is 0. The zero-order valence-electron chi connectivity index (χ0n) is 16.3. The van der Waals surface area contributed by atoms with Gasteiger partial charge in [0.25, 0.3) is 5.97 Å². The van der Waals surface area contributed by atoms with Crippen molar-refractivity contribution < 1.29 is 31.3 Å². The summed E-state index contributed by atoms with van der Waals surface area (Å²) in [5.74, 6) is 1.000. The predicted molar refractivity (Wildman–Crippen MR) is 110 cm³/mol. The molecule has 0 saturated heterocycles. The van der Waals surface area contributed by atoms with Gasteiger partial charge in [-0.25, -0.2) is 12.1 Å². The number of hydrogen-bond donors (Lipinski definition) is 0. The van der Waals surface area contributed by atoms with E-state index in [4.69, 9.17) is 9.47 Å². The molecular weight excluding hydrogens is 392 g/mol. The normalized spacial score (nSPS) is 9.61. The molecule has 0 saturated carbocycles. The zero-order chi connectivity index (χ0) is 19.2. The minimum atomic E-state index is -0.338. The summed E-state index contributed by atoms with van der Waals surface area (Å²) in [5.41, 5.74) is 0.562. The Morgan fingerprint density at radius 1 is 0.857 bits per heavy atom. The molecule has 3 aromatic rings. The molecule has 0 aliphatic rings. The largest absolute Gasteiger partial charge is 0.748 e. The van der Waals surface area contributed by atoms with Crippen LogP contribution in [-0.2, 0) is 17.1 Å². The maximum absolute atomic E-state index is 11.8. The average molecular weight is 420 g/mol. The number of ether oxygens (including phenoxy) is 2. The zero-order valence-corrected chi connectivity index (χ0v) is 17.4. The molecule has 0 atom stereocenters. The molecule has 3 rings (SSSR count). The molecular formula is C24H28FeO3-6. The molecule has 0 aromatic heterocycles. The standard InChI is InChI=1S/C19H23O3.C5H5.Fe/c1-2-3-4-5-8-15-21-17-11-13-18(14-12-17)22-19(20)16-9-6-7-10-16;1-2-4-5-3-1;/h6-7,9-14H,2-5,8,15H2,1H3;1-5H;/q-1;-5;. The SMILES string of the molecule is CCCCCCCOc1ccc(OC(=O)[c-]2cccc2)cc1.[Fe].[cH-]1[cH-][cH-][cH-][cH-]1. The Morgan fingerprint density at radius 2 is 1.39 bits per heavy atom. The van der Waals surface area contributed by atoms with E-state index in [9.17, 15) is 4.79 Å². The van der Waals surface area contributed by atoms with Crippen molar-refractivity contribution in [2.24, 2.45) is 0 Å². The first-order valence-electron chi connectivity index (χ1n) is 9.63. The van der Waals surface area contributed by atoms with Crippen LogP contribution in [0.5, 0.6) is 11.5 Å². The summed E-state index contributed by atoms with van der Waals surface area (Å²) in [6.45, 7) is 2.94. The third-order valence-corrected chi connectivity index (χ3v) is 4.00. The van der Waals surface area contributed by atoms with Gasteiger partial charge >= 0.3 is 0 Å². The second-order valence-corrected chi connectivity index (χ2v) is 6.26. The molecule has 0 spiro atoms. The maximum Gasteiger partial charge on any atom is 0.286 e. The van der Waals surface area contributed by atoms with Crippen molar-refractivity contribution in [2.75, 3.05) is 6.61 Å². The van der Waals surface area contributed by atoms with Crippen molar-refractivity contribution in [1.29, 1.82) is 0 Å². The molecule has 0 aliphatic heterocycles. The van der Waals surface area contributed by atoms with Gasteiger partial charge in [-0.2, -0.15) is 12.1 Å². The van der Waals surface area contributed by atoms with Crippen LogP contribution in [0.3, 0.4) is 0 Å². The van der Waals surface area contributed by atoms with Crippen LogP contribution in [0.4, 0.5) is 0 Å². The van der Waals surface area contributed by atoms with Crippen LogP contribution in [0.2, 0.25) is 0 Å². The minimum absolute atomic E-state index is 0. The Kier molecular flexibility index (Phi) is 12.5. The van der Waals surface area contributed by atoms with Crippen LogP contribution in [0, 0.1) is 0 Å². The van der Waals surface area contributed by atoms with Crippen molar-refractivity contribution in [3.8, 4) is 11.5 Å². The second kappa shape index (κ2) is 14.7. The third-order valence-electron chi connectivity index (χ3n) is 4.00. The monoisotopic (exact) mass is 420 g/mol. The maximum atomic E-state index is 11.8. The van der Waals surface area contributed by atoms with Gasteiger partial charge in [-0.05, 0) is 30.7 Å². The van der Waals surface area contributed by atoms with E-state index in [0.717, 1.165) is 18.8 Å². The summed E-state index contributed by atoms with van der Waals surface area (Å²) in [5, 5.41) is 0. The predicted octanol–water partition coefficient (Wildman–Crippen LogP) is 6.38. The van der Waals surface area contributed by atoms with E-state index < -0.39 is 0 Å². The molecule has 3 nitrogen and oxygen atoms in total. The number of unbranched alkanes of at least 4 members (excludes halogenated alkanes) is 4. The summed E-state index contributed by atoms with van der Waals surface area (Å²) in [6, 6.07) is 24.3. The fourth-order valence-electron chi connectivity index (χ4n) is 2.50. The molecule has 0 aliphatic carbocycles. The van der Waals surface area contributed by atoms with Crippen molar-refractivity contribution in [3.63, 3.8) is 0 Å².